The van der Waals surface area contributed by atoms with Gasteiger partial charge in [-0.1, -0.05) is 6.92 Å². The Morgan fingerprint density at radius 1 is 1.55 bits per heavy atom. The molecule has 0 aromatic carbocycles. The third kappa shape index (κ3) is 3.96. The van der Waals surface area contributed by atoms with Gasteiger partial charge in [0.05, 0.1) is 25.3 Å². The van der Waals surface area contributed by atoms with E-state index in [-0.39, 0.29) is 11.4 Å². The third-order valence-corrected chi connectivity index (χ3v) is 5.07. The van der Waals surface area contributed by atoms with E-state index in [1.54, 1.807) is 18.0 Å². The molecule has 0 unspecified atom stereocenters. The number of aliphatic hydroxyl groups excluding tert-OH is 1. The molecular weight excluding hydrogens is 274 g/mol. The number of rotatable bonds is 7. The predicted octanol–water partition coefficient (Wildman–Crippen LogP) is 2.96. The van der Waals surface area contributed by atoms with Crippen LogP contribution in [0, 0.1) is 5.41 Å². The molecule has 110 valence electrons. The number of pyridine rings is 1. The summed E-state index contributed by atoms with van der Waals surface area (Å²) in [6, 6.07) is 3.86. The fourth-order valence-corrected chi connectivity index (χ4v) is 3.20. The van der Waals surface area contributed by atoms with Gasteiger partial charge in [0, 0.05) is 16.8 Å². The highest BCUT2D eigenvalue weighted by molar-refractivity contribution is 7.99. The van der Waals surface area contributed by atoms with E-state index >= 15 is 0 Å². The summed E-state index contributed by atoms with van der Waals surface area (Å²) in [5.41, 5.74) is 0.840. The Kier molecular flexibility index (Phi) is 5.05. The van der Waals surface area contributed by atoms with Gasteiger partial charge < -0.3 is 9.84 Å². The zero-order valence-electron chi connectivity index (χ0n) is 12.0. The number of thioether (sulfide) groups is 1. The molecule has 4 nitrogen and oxygen atoms in total. The van der Waals surface area contributed by atoms with Gasteiger partial charge in [0.1, 0.15) is 0 Å². The number of carbonyl (C=O) groups excluding carboxylic acids is 1. The minimum Gasteiger partial charge on any atom is -0.469 e. The summed E-state index contributed by atoms with van der Waals surface area (Å²) < 4.78 is 4.74. The average Bonchev–Trinajstić information content (AvgIpc) is 3.24. The Morgan fingerprint density at radius 2 is 2.30 bits per heavy atom. The molecule has 1 aromatic rings. The summed E-state index contributed by atoms with van der Waals surface area (Å²) in [6.07, 6.45) is 4.68. The van der Waals surface area contributed by atoms with Gasteiger partial charge >= 0.3 is 5.97 Å². The maximum atomic E-state index is 11.4. The Balaban J connectivity index is 1.86. The SMILES string of the molecule is CC[C@@H](O)c1ccc(SCC2(CC(=O)OC)CC2)cn1. The molecule has 0 saturated heterocycles. The molecule has 1 aromatic heterocycles. The van der Waals surface area contributed by atoms with Crippen LogP contribution in [0.5, 0.6) is 0 Å². The van der Waals surface area contributed by atoms with Crippen molar-refractivity contribution in [2.24, 2.45) is 5.41 Å². The smallest absolute Gasteiger partial charge is 0.306 e. The van der Waals surface area contributed by atoms with Crippen LogP contribution in [0.25, 0.3) is 0 Å². The van der Waals surface area contributed by atoms with Crippen molar-refractivity contribution in [3.05, 3.63) is 24.0 Å². The van der Waals surface area contributed by atoms with Gasteiger partial charge in [0.15, 0.2) is 0 Å². The summed E-state index contributed by atoms with van der Waals surface area (Å²) in [4.78, 5) is 16.7. The molecule has 1 atom stereocenters. The lowest BCUT2D eigenvalue weighted by Gasteiger charge is -2.13. The van der Waals surface area contributed by atoms with Crippen LogP contribution in [0.15, 0.2) is 23.2 Å². The van der Waals surface area contributed by atoms with Crippen molar-refractivity contribution in [2.75, 3.05) is 12.9 Å². The molecular formula is C15H21NO3S. The second-order valence-electron chi connectivity index (χ2n) is 5.38. The summed E-state index contributed by atoms with van der Waals surface area (Å²) >= 11 is 1.72. The highest BCUT2D eigenvalue weighted by atomic mass is 32.2. The number of nitrogens with zero attached hydrogens (tertiary/aromatic N) is 1. The van der Waals surface area contributed by atoms with Gasteiger partial charge in [-0.25, -0.2) is 0 Å². The van der Waals surface area contributed by atoms with Gasteiger partial charge in [-0.05, 0) is 36.8 Å². The molecule has 0 aliphatic heterocycles. The molecule has 0 radical (unpaired) electrons. The van der Waals surface area contributed by atoms with Gasteiger partial charge in [-0.15, -0.1) is 11.8 Å². The number of methoxy groups -OCH3 is 1. The van der Waals surface area contributed by atoms with Crippen LogP contribution in [0.1, 0.15) is 44.4 Å². The van der Waals surface area contributed by atoms with Crippen LogP contribution in [0.3, 0.4) is 0 Å². The van der Waals surface area contributed by atoms with Gasteiger partial charge in [-0.3, -0.25) is 9.78 Å². The van der Waals surface area contributed by atoms with Crippen LogP contribution in [-0.4, -0.2) is 28.9 Å². The number of aromatic nitrogens is 1. The minimum atomic E-state index is -0.483. The van der Waals surface area contributed by atoms with Gasteiger partial charge in [0.2, 0.25) is 0 Å². The van der Waals surface area contributed by atoms with E-state index in [0.29, 0.717) is 18.5 Å². The van der Waals surface area contributed by atoms with Crippen LogP contribution < -0.4 is 0 Å². The van der Waals surface area contributed by atoms with Crippen LogP contribution in [0.2, 0.25) is 0 Å². The first-order valence-electron chi connectivity index (χ1n) is 6.92. The predicted molar refractivity (Wildman–Crippen MR) is 78.5 cm³/mol. The maximum Gasteiger partial charge on any atom is 0.306 e. The number of ether oxygens (including phenoxy) is 1. The molecule has 2 rings (SSSR count). The Labute approximate surface area is 123 Å². The molecule has 5 heteroatoms. The number of hydrogen-bond donors (Lipinski definition) is 1. The van der Waals surface area contributed by atoms with E-state index < -0.39 is 6.10 Å². The Bertz CT molecular complexity index is 457. The maximum absolute atomic E-state index is 11.4. The van der Waals surface area contributed by atoms with Gasteiger partial charge in [-0.2, -0.15) is 0 Å². The van der Waals surface area contributed by atoms with Crippen LogP contribution >= 0.6 is 11.8 Å². The Hall–Kier alpha value is -1.07. The zero-order chi connectivity index (χ0) is 14.6. The van der Waals surface area contributed by atoms with Crippen molar-refractivity contribution in [3.63, 3.8) is 0 Å². The van der Waals surface area contributed by atoms with Gasteiger partial charge in [0.25, 0.3) is 0 Å². The number of hydrogen-bond acceptors (Lipinski definition) is 5. The topological polar surface area (TPSA) is 59.4 Å². The second-order valence-corrected chi connectivity index (χ2v) is 6.43. The first-order chi connectivity index (χ1) is 9.58. The second kappa shape index (κ2) is 6.59. The van der Waals surface area contributed by atoms with Crippen LogP contribution in [0.4, 0.5) is 0 Å². The molecule has 1 aliphatic carbocycles. The summed E-state index contributed by atoms with van der Waals surface area (Å²) in [5.74, 6) is 0.794. The van der Waals surface area contributed by atoms with E-state index in [4.69, 9.17) is 4.74 Å². The van der Waals surface area contributed by atoms with E-state index in [2.05, 4.69) is 4.98 Å². The largest absolute Gasteiger partial charge is 0.469 e. The lowest BCUT2D eigenvalue weighted by molar-refractivity contribution is -0.141. The molecule has 1 aliphatic rings. The van der Waals surface area contributed by atoms with Crippen molar-refractivity contribution in [2.45, 2.75) is 43.6 Å². The number of aliphatic hydroxyl groups is 1. The third-order valence-electron chi connectivity index (χ3n) is 3.74. The van der Waals surface area contributed by atoms with E-state index in [9.17, 15) is 9.90 Å². The van der Waals surface area contributed by atoms with Crippen molar-refractivity contribution in [1.29, 1.82) is 0 Å². The molecule has 20 heavy (non-hydrogen) atoms. The lowest BCUT2D eigenvalue weighted by Crippen LogP contribution is -2.13. The standard InChI is InChI=1S/C15H21NO3S/c1-3-13(17)12-5-4-11(9-16-12)20-10-15(6-7-15)8-14(18)19-2/h4-5,9,13,17H,3,6-8,10H2,1-2H3/t13-/m1/s1. The summed E-state index contributed by atoms with van der Waals surface area (Å²) in [6.45, 7) is 1.93. The summed E-state index contributed by atoms with van der Waals surface area (Å²) in [5, 5.41) is 9.69. The molecule has 0 amide bonds. The summed E-state index contributed by atoms with van der Waals surface area (Å²) in [7, 11) is 1.44. The lowest BCUT2D eigenvalue weighted by atomic mass is 10.1. The number of carbonyl (C=O) groups is 1. The van der Waals surface area contributed by atoms with Crippen LogP contribution in [-0.2, 0) is 9.53 Å². The fourth-order valence-electron chi connectivity index (χ4n) is 2.05. The molecule has 1 N–H and O–H groups in total. The van der Waals surface area contributed by atoms with Crippen molar-refractivity contribution < 1.29 is 14.6 Å². The Morgan fingerprint density at radius 3 is 2.80 bits per heavy atom. The fraction of sp³-hybridized carbons (Fsp3) is 0.600. The highest BCUT2D eigenvalue weighted by Gasteiger charge is 2.44. The molecule has 1 fully saturated rings. The molecule has 0 spiro atoms. The number of esters is 1. The quantitative estimate of drug-likeness (QED) is 0.619. The average molecular weight is 295 g/mol. The van der Waals surface area contributed by atoms with E-state index in [1.165, 1.54) is 7.11 Å². The van der Waals surface area contributed by atoms with Crippen molar-refractivity contribution in [1.82, 2.24) is 4.98 Å². The molecule has 1 saturated carbocycles. The van der Waals surface area contributed by atoms with Crippen molar-refractivity contribution in [3.8, 4) is 0 Å². The van der Waals surface area contributed by atoms with Crippen molar-refractivity contribution >= 4 is 17.7 Å². The first kappa shape index (κ1) is 15.3. The molecule has 1 heterocycles. The highest BCUT2D eigenvalue weighted by Crippen LogP contribution is 2.52. The first-order valence-corrected chi connectivity index (χ1v) is 7.91. The minimum absolute atomic E-state index is 0.123. The van der Waals surface area contributed by atoms with E-state index in [0.717, 1.165) is 23.5 Å². The normalized spacial score (nSPS) is 17.6. The monoisotopic (exact) mass is 295 g/mol. The molecule has 0 bridgehead atoms. The van der Waals surface area contributed by atoms with E-state index in [1.807, 2.05) is 19.1 Å². The zero-order valence-corrected chi connectivity index (χ0v) is 12.8.